The van der Waals surface area contributed by atoms with Gasteiger partial charge in [0.15, 0.2) is 4.34 Å². The van der Waals surface area contributed by atoms with Gasteiger partial charge in [0.05, 0.1) is 5.75 Å². The van der Waals surface area contributed by atoms with Crippen LogP contribution in [0.15, 0.2) is 28.9 Å². The van der Waals surface area contributed by atoms with Crippen molar-refractivity contribution in [3.63, 3.8) is 0 Å². The molecule has 2 N–H and O–H groups in total. The van der Waals surface area contributed by atoms with E-state index in [1.807, 2.05) is 12.1 Å². The van der Waals surface area contributed by atoms with Crippen LogP contribution in [0.25, 0.3) is 0 Å². The van der Waals surface area contributed by atoms with Crippen molar-refractivity contribution < 1.29 is 9.90 Å². The van der Waals surface area contributed by atoms with Crippen molar-refractivity contribution in [1.82, 2.24) is 15.2 Å². The Hall–Kier alpha value is -1.67. The van der Waals surface area contributed by atoms with E-state index < -0.39 is 5.97 Å². The summed E-state index contributed by atoms with van der Waals surface area (Å²) in [6.45, 7) is 0.617. The third-order valence-corrected chi connectivity index (χ3v) is 3.89. The van der Waals surface area contributed by atoms with Gasteiger partial charge in [-0.1, -0.05) is 29.2 Å². The molecule has 0 atom stereocenters. The van der Waals surface area contributed by atoms with Gasteiger partial charge >= 0.3 is 5.97 Å². The monoisotopic (exact) mass is 282 g/mol. The number of nitrogens with zero attached hydrogens (tertiary/aromatic N) is 3. The second-order valence-electron chi connectivity index (χ2n) is 3.27. The highest BCUT2D eigenvalue weighted by molar-refractivity contribution is 8.01. The first-order valence-corrected chi connectivity index (χ1v) is 6.85. The lowest BCUT2D eigenvalue weighted by Gasteiger charge is -2.00. The summed E-state index contributed by atoms with van der Waals surface area (Å²) in [5.41, 5.74) is 1.05. The van der Waals surface area contributed by atoms with E-state index in [-0.39, 0.29) is 5.75 Å². The van der Waals surface area contributed by atoms with E-state index in [4.69, 9.17) is 5.11 Å². The normalized spacial score (nSPS) is 10.2. The summed E-state index contributed by atoms with van der Waals surface area (Å²) in [5, 5.41) is 20.2. The lowest BCUT2D eigenvalue weighted by atomic mass is 10.3. The number of aromatic nitrogens is 3. The van der Waals surface area contributed by atoms with Crippen molar-refractivity contribution in [2.45, 2.75) is 10.9 Å². The van der Waals surface area contributed by atoms with Gasteiger partial charge in [0.1, 0.15) is 0 Å². The molecule has 0 aliphatic rings. The van der Waals surface area contributed by atoms with E-state index in [1.165, 1.54) is 11.3 Å². The lowest BCUT2D eigenvalue weighted by Crippen LogP contribution is -1.98. The van der Waals surface area contributed by atoms with Crippen LogP contribution in [0.4, 0.5) is 5.13 Å². The van der Waals surface area contributed by atoms with Gasteiger partial charge in [0.2, 0.25) is 5.13 Å². The highest BCUT2D eigenvalue weighted by Gasteiger charge is 2.06. The fourth-order valence-electron chi connectivity index (χ4n) is 1.14. The Balaban J connectivity index is 1.85. The molecule has 2 rings (SSSR count). The van der Waals surface area contributed by atoms with Crippen LogP contribution in [0, 0.1) is 0 Å². The summed E-state index contributed by atoms with van der Waals surface area (Å²) in [4.78, 5) is 14.4. The topological polar surface area (TPSA) is 88.0 Å². The van der Waals surface area contributed by atoms with Crippen molar-refractivity contribution >= 4 is 34.2 Å². The zero-order chi connectivity index (χ0) is 12.8. The zero-order valence-corrected chi connectivity index (χ0v) is 10.9. The number of nitrogens with one attached hydrogen (secondary N) is 1. The van der Waals surface area contributed by atoms with E-state index in [0.29, 0.717) is 16.0 Å². The molecule has 18 heavy (non-hydrogen) atoms. The van der Waals surface area contributed by atoms with Crippen LogP contribution < -0.4 is 5.32 Å². The maximum atomic E-state index is 10.4. The van der Waals surface area contributed by atoms with Crippen LogP contribution in [0.3, 0.4) is 0 Å². The largest absolute Gasteiger partial charge is 0.481 e. The fourth-order valence-corrected chi connectivity index (χ4v) is 2.61. The van der Waals surface area contributed by atoms with Crippen LogP contribution in [-0.2, 0) is 11.3 Å². The Labute approximate surface area is 111 Å². The summed E-state index contributed by atoms with van der Waals surface area (Å²) in [6.07, 6.45) is 3.49. The molecule has 0 bridgehead atoms. The predicted molar refractivity (Wildman–Crippen MR) is 69.8 cm³/mol. The summed E-state index contributed by atoms with van der Waals surface area (Å²) in [7, 11) is 0. The molecule has 0 aliphatic carbocycles. The summed E-state index contributed by atoms with van der Waals surface area (Å²) < 4.78 is 0.645. The molecular formula is C10H10N4O2S2. The van der Waals surface area contributed by atoms with E-state index in [1.54, 1.807) is 12.4 Å². The highest BCUT2D eigenvalue weighted by atomic mass is 32.2. The number of carboxylic acid groups (broad SMARTS) is 1. The minimum absolute atomic E-state index is 0.00274. The molecule has 2 heterocycles. The SMILES string of the molecule is O=C(O)CSc1nnc(NCc2cccnc2)s1. The average Bonchev–Trinajstić information content (AvgIpc) is 2.83. The smallest absolute Gasteiger partial charge is 0.313 e. The van der Waals surface area contributed by atoms with Crippen molar-refractivity contribution in [1.29, 1.82) is 0 Å². The molecule has 6 nitrogen and oxygen atoms in total. The lowest BCUT2D eigenvalue weighted by molar-refractivity contribution is -0.133. The number of carboxylic acids is 1. The van der Waals surface area contributed by atoms with Crippen LogP contribution >= 0.6 is 23.1 Å². The first kappa shape index (κ1) is 12.8. The highest BCUT2D eigenvalue weighted by Crippen LogP contribution is 2.25. The van der Waals surface area contributed by atoms with E-state index in [0.717, 1.165) is 17.3 Å². The molecule has 0 aliphatic heterocycles. The third kappa shape index (κ3) is 3.97. The Morgan fingerprint density at radius 2 is 2.39 bits per heavy atom. The quantitative estimate of drug-likeness (QED) is 0.780. The first-order valence-electron chi connectivity index (χ1n) is 5.05. The van der Waals surface area contributed by atoms with Crippen LogP contribution in [0.2, 0.25) is 0 Å². The molecule has 8 heteroatoms. The number of carbonyl (C=O) groups is 1. The maximum Gasteiger partial charge on any atom is 0.313 e. The average molecular weight is 282 g/mol. The first-order chi connectivity index (χ1) is 8.74. The third-order valence-electron chi connectivity index (χ3n) is 1.89. The number of pyridine rings is 1. The molecule has 0 saturated heterocycles. The predicted octanol–water partition coefficient (Wildman–Crippen LogP) is 1.72. The van der Waals surface area contributed by atoms with E-state index >= 15 is 0 Å². The number of anilines is 1. The van der Waals surface area contributed by atoms with Gasteiger partial charge in [-0.25, -0.2) is 0 Å². The van der Waals surface area contributed by atoms with Crippen molar-refractivity contribution in [3.05, 3.63) is 30.1 Å². The van der Waals surface area contributed by atoms with Crippen LogP contribution in [0.1, 0.15) is 5.56 Å². The second kappa shape index (κ2) is 6.31. The molecule has 0 aromatic carbocycles. The Bertz CT molecular complexity index is 518. The number of rotatable bonds is 6. The van der Waals surface area contributed by atoms with Gasteiger partial charge in [-0.3, -0.25) is 9.78 Å². The van der Waals surface area contributed by atoms with E-state index in [2.05, 4.69) is 20.5 Å². The van der Waals surface area contributed by atoms with Gasteiger partial charge in [0, 0.05) is 18.9 Å². The number of hydrogen-bond acceptors (Lipinski definition) is 7. The number of thioether (sulfide) groups is 1. The summed E-state index contributed by atoms with van der Waals surface area (Å²) >= 11 is 2.50. The Morgan fingerprint density at radius 1 is 1.50 bits per heavy atom. The Kier molecular flexibility index (Phi) is 4.48. The molecule has 94 valence electrons. The van der Waals surface area contributed by atoms with Gasteiger partial charge in [-0.2, -0.15) is 0 Å². The standard InChI is InChI=1S/C10H10N4O2S2/c15-8(16)6-17-10-14-13-9(18-10)12-5-7-2-1-3-11-4-7/h1-4H,5-6H2,(H,12,13)(H,15,16). The fraction of sp³-hybridized carbons (Fsp3) is 0.200. The summed E-state index contributed by atoms with van der Waals surface area (Å²) in [5.74, 6) is -0.864. The van der Waals surface area contributed by atoms with Crippen LogP contribution in [-0.4, -0.2) is 32.0 Å². The zero-order valence-electron chi connectivity index (χ0n) is 9.24. The minimum atomic E-state index is -0.861. The molecule has 0 saturated carbocycles. The second-order valence-corrected chi connectivity index (χ2v) is 5.47. The Morgan fingerprint density at radius 3 is 3.11 bits per heavy atom. The van der Waals surface area contributed by atoms with Gasteiger partial charge in [-0.15, -0.1) is 10.2 Å². The molecule has 2 aromatic heterocycles. The number of hydrogen-bond donors (Lipinski definition) is 2. The van der Waals surface area contributed by atoms with Crippen LogP contribution in [0.5, 0.6) is 0 Å². The van der Waals surface area contributed by atoms with Gasteiger partial charge < -0.3 is 10.4 Å². The van der Waals surface area contributed by atoms with Crippen molar-refractivity contribution in [2.75, 3.05) is 11.1 Å². The van der Waals surface area contributed by atoms with Crippen molar-refractivity contribution in [3.8, 4) is 0 Å². The van der Waals surface area contributed by atoms with Gasteiger partial charge in [0.25, 0.3) is 0 Å². The molecule has 0 fully saturated rings. The van der Waals surface area contributed by atoms with Gasteiger partial charge in [-0.05, 0) is 11.6 Å². The molecule has 2 aromatic rings. The molecule has 0 unspecified atom stereocenters. The number of aliphatic carboxylic acids is 1. The molecule has 0 spiro atoms. The van der Waals surface area contributed by atoms with E-state index in [9.17, 15) is 4.79 Å². The molecule has 0 radical (unpaired) electrons. The summed E-state index contributed by atoms with van der Waals surface area (Å²) in [6, 6.07) is 3.83. The van der Waals surface area contributed by atoms with Crippen molar-refractivity contribution in [2.24, 2.45) is 0 Å². The molecule has 0 amide bonds. The molecular weight excluding hydrogens is 272 g/mol. The minimum Gasteiger partial charge on any atom is -0.481 e. The maximum absolute atomic E-state index is 10.4.